The molecule has 180 valence electrons. The minimum Gasteiger partial charge on any atom is -0.480 e. The third-order valence-electron chi connectivity index (χ3n) is 6.30. The molecular formula is C27H32N2O5. The van der Waals surface area contributed by atoms with E-state index in [1.807, 2.05) is 43.3 Å². The Hall–Kier alpha value is -3.61. The summed E-state index contributed by atoms with van der Waals surface area (Å²) in [7, 11) is 0. The molecule has 2 amide bonds. The van der Waals surface area contributed by atoms with Crippen molar-refractivity contribution in [1.82, 2.24) is 10.2 Å². The summed E-state index contributed by atoms with van der Waals surface area (Å²) in [4.78, 5) is 38.5. The molecule has 0 bridgehead atoms. The molecule has 0 radical (unpaired) electrons. The first-order valence-electron chi connectivity index (χ1n) is 11.6. The van der Waals surface area contributed by atoms with E-state index in [4.69, 9.17) is 4.74 Å². The molecule has 2 N–H and O–H groups in total. The third-order valence-corrected chi connectivity index (χ3v) is 6.30. The van der Waals surface area contributed by atoms with E-state index in [2.05, 4.69) is 24.0 Å². The van der Waals surface area contributed by atoms with Crippen LogP contribution in [0.1, 0.15) is 50.2 Å². The van der Waals surface area contributed by atoms with E-state index in [9.17, 15) is 19.5 Å². The highest BCUT2D eigenvalue weighted by atomic mass is 16.5. The molecule has 0 spiro atoms. The summed E-state index contributed by atoms with van der Waals surface area (Å²) in [5, 5.41) is 11.9. The number of carbonyl (C=O) groups is 3. The van der Waals surface area contributed by atoms with Gasteiger partial charge in [-0.3, -0.25) is 9.59 Å². The first-order valence-corrected chi connectivity index (χ1v) is 11.6. The van der Waals surface area contributed by atoms with E-state index < -0.39 is 30.6 Å². The highest BCUT2D eigenvalue weighted by Crippen LogP contribution is 2.44. The summed E-state index contributed by atoms with van der Waals surface area (Å²) in [5.74, 6) is -1.63. The molecule has 0 aliphatic heterocycles. The Kier molecular flexibility index (Phi) is 8.46. The van der Waals surface area contributed by atoms with Gasteiger partial charge in [0.2, 0.25) is 5.91 Å². The summed E-state index contributed by atoms with van der Waals surface area (Å²) < 4.78 is 5.59. The number of hydrogen-bond acceptors (Lipinski definition) is 4. The van der Waals surface area contributed by atoms with Crippen LogP contribution in [-0.4, -0.2) is 53.2 Å². The lowest BCUT2D eigenvalue weighted by Crippen LogP contribution is -2.52. The van der Waals surface area contributed by atoms with Gasteiger partial charge in [-0.05, 0) is 48.4 Å². The van der Waals surface area contributed by atoms with Gasteiger partial charge in [-0.15, -0.1) is 6.58 Å². The van der Waals surface area contributed by atoms with Crippen LogP contribution in [0.3, 0.4) is 0 Å². The van der Waals surface area contributed by atoms with Crippen molar-refractivity contribution in [3.8, 4) is 11.1 Å². The molecule has 3 rings (SSSR count). The first-order chi connectivity index (χ1) is 16.4. The van der Waals surface area contributed by atoms with Crippen LogP contribution < -0.4 is 5.32 Å². The zero-order valence-corrected chi connectivity index (χ0v) is 19.7. The van der Waals surface area contributed by atoms with Crippen LogP contribution in [0, 0.1) is 0 Å². The number of carboxylic acids is 1. The monoisotopic (exact) mass is 464 g/mol. The quantitative estimate of drug-likeness (QED) is 0.475. The van der Waals surface area contributed by atoms with Gasteiger partial charge in [0.15, 0.2) is 0 Å². The average molecular weight is 465 g/mol. The predicted molar refractivity (Wildman–Crippen MR) is 131 cm³/mol. The van der Waals surface area contributed by atoms with Crippen LogP contribution in [0.4, 0.5) is 4.79 Å². The molecule has 0 saturated heterocycles. The lowest BCUT2D eigenvalue weighted by Gasteiger charge is -2.31. The van der Waals surface area contributed by atoms with Gasteiger partial charge in [-0.2, -0.15) is 0 Å². The van der Waals surface area contributed by atoms with Crippen LogP contribution in [0.25, 0.3) is 11.1 Å². The van der Waals surface area contributed by atoms with Gasteiger partial charge in [-0.25, -0.2) is 4.79 Å². The van der Waals surface area contributed by atoms with Crippen molar-refractivity contribution < 1.29 is 24.2 Å². The molecule has 34 heavy (non-hydrogen) atoms. The van der Waals surface area contributed by atoms with Crippen molar-refractivity contribution in [2.75, 3.05) is 13.2 Å². The number of carboxylic acid groups (broad SMARTS) is 1. The molecule has 7 heteroatoms. The summed E-state index contributed by atoms with van der Waals surface area (Å²) in [6.45, 7) is 7.06. The Balaban J connectivity index is 1.71. The molecule has 0 saturated carbocycles. The third kappa shape index (κ3) is 5.65. The van der Waals surface area contributed by atoms with Crippen molar-refractivity contribution in [3.05, 3.63) is 72.3 Å². The molecule has 0 aromatic heterocycles. The first kappa shape index (κ1) is 25.0. The molecule has 2 aromatic carbocycles. The number of allylic oxidation sites excluding steroid dienone is 1. The molecule has 1 aliphatic carbocycles. The van der Waals surface area contributed by atoms with E-state index in [1.54, 1.807) is 13.0 Å². The van der Waals surface area contributed by atoms with Crippen LogP contribution >= 0.6 is 0 Å². The van der Waals surface area contributed by atoms with E-state index in [0.29, 0.717) is 19.3 Å². The second-order valence-corrected chi connectivity index (χ2v) is 8.51. The van der Waals surface area contributed by atoms with Crippen LogP contribution in [0.2, 0.25) is 0 Å². The van der Waals surface area contributed by atoms with Crippen molar-refractivity contribution in [2.24, 2.45) is 0 Å². The fraction of sp³-hybridized carbons (Fsp3) is 0.370. The molecule has 2 aromatic rings. The summed E-state index contributed by atoms with van der Waals surface area (Å²) in [6.07, 6.45) is 2.34. The smallest absolute Gasteiger partial charge is 0.407 e. The van der Waals surface area contributed by atoms with Crippen molar-refractivity contribution >= 4 is 18.0 Å². The number of fused-ring (bicyclic) bond motifs is 3. The highest BCUT2D eigenvalue weighted by molar-refractivity contribution is 5.88. The Morgan fingerprint density at radius 1 is 1.12 bits per heavy atom. The van der Waals surface area contributed by atoms with Crippen molar-refractivity contribution in [3.63, 3.8) is 0 Å². The molecule has 1 aliphatic rings. The maximum absolute atomic E-state index is 13.2. The normalized spacial score (nSPS) is 13.8. The number of alkyl carbamates (subject to hydrolysis) is 1. The lowest BCUT2D eigenvalue weighted by atomic mass is 9.98. The number of nitrogens with one attached hydrogen (secondary N) is 1. The second kappa shape index (κ2) is 11.5. The summed E-state index contributed by atoms with van der Waals surface area (Å²) >= 11 is 0. The Labute approximate surface area is 200 Å². The maximum atomic E-state index is 13.2. The van der Waals surface area contributed by atoms with Crippen LogP contribution in [0.15, 0.2) is 61.2 Å². The summed E-state index contributed by atoms with van der Waals surface area (Å²) in [6, 6.07) is 14.9. The standard InChI is InChI=1S/C27H32N2O5/c1-4-6-15-24(26(32)29(16-25(30)31)18(3)5-2)28-27(33)34-17-23-21-13-9-7-11-19(21)20-12-8-10-14-22(20)23/h4,7-14,18,23-24H,1,5-6,15-17H2,2-3H3,(H,28,33)(H,30,31). The number of hydrogen-bond donors (Lipinski definition) is 2. The van der Waals surface area contributed by atoms with E-state index in [1.165, 1.54) is 4.90 Å². The van der Waals surface area contributed by atoms with Gasteiger partial charge >= 0.3 is 12.1 Å². The fourth-order valence-electron chi connectivity index (χ4n) is 4.34. The molecular weight excluding hydrogens is 432 g/mol. The largest absolute Gasteiger partial charge is 0.480 e. The summed E-state index contributed by atoms with van der Waals surface area (Å²) in [5.41, 5.74) is 4.45. The maximum Gasteiger partial charge on any atom is 0.407 e. The van der Waals surface area contributed by atoms with E-state index >= 15 is 0 Å². The molecule has 2 unspecified atom stereocenters. The van der Waals surface area contributed by atoms with Gasteiger partial charge in [0, 0.05) is 12.0 Å². The van der Waals surface area contributed by atoms with Gasteiger partial charge in [0.25, 0.3) is 0 Å². The van der Waals surface area contributed by atoms with Crippen LogP contribution in [-0.2, 0) is 14.3 Å². The van der Waals surface area contributed by atoms with Crippen molar-refractivity contribution in [1.29, 1.82) is 0 Å². The lowest BCUT2D eigenvalue weighted by molar-refractivity contribution is -0.147. The predicted octanol–water partition coefficient (Wildman–Crippen LogP) is 4.57. The van der Waals surface area contributed by atoms with Gasteiger partial charge in [-0.1, -0.05) is 61.5 Å². The minimum atomic E-state index is -1.10. The van der Waals surface area contributed by atoms with Gasteiger partial charge in [0.1, 0.15) is 19.2 Å². The minimum absolute atomic E-state index is 0.0934. The van der Waals surface area contributed by atoms with Gasteiger partial charge in [0.05, 0.1) is 0 Å². The van der Waals surface area contributed by atoms with Gasteiger partial charge < -0.3 is 20.1 Å². The Morgan fingerprint density at radius 2 is 1.71 bits per heavy atom. The number of carbonyl (C=O) groups excluding carboxylic acids is 2. The SMILES string of the molecule is C=CCCC(NC(=O)OCC1c2ccccc2-c2ccccc21)C(=O)N(CC(=O)O)C(C)CC. The highest BCUT2D eigenvalue weighted by Gasteiger charge is 2.32. The Bertz CT molecular complexity index is 1010. The zero-order valence-electron chi connectivity index (χ0n) is 19.7. The van der Waals surface area contributed by atoms with E-state index in [0.717, 1.165) is 22.3 Å². The fourth-order valence-corrected chi connectivity index (χ4v) is 4.34. The molecule has 2 atom stereocenters. The average Bonchev–Trinajstić information content (AvgIpc) is 3.16. The van der Waals surface area contributed by atoms with Crippen LogP contribution in [0.5, 0.6) is 0 Å². The topological polar surface area (TPSA) is 95.9 Å². The number of amides is 2. The zero-order chi connectivity index (χ0) is 24.7. The molecule has 7 nitrogen and oxygen atoms in total. The molecule has 0 fully saturated rings. The Morgan fingerprint density at radius 3 is 2.24 bits per heavy atom. The van der Waals surface area contributed by atoms with Crippen molar-refractivity contribution in [2.45, 2.75) is 51.1 Å². The second-order valence-electron chi connectivity index (χ2n) is 8.51. The number of rotatable bonds is 11. The number of nitrogens with zero attached hydrogens (tertiary/aromatic N) is 1. The number of ether oxygens (including phenoxy) is 1. The van der Waals surface area contributed by atoms with E-state index in [-0.39, 0.29) is 18.6 Å². The number of benzene rings is 2. The molecule has 0 heterocycles. The number of aliphatic carboxylic acids is 1.